The lowest BCUT2D eigenvalue weighted by Gasteiger charge is -2.16. The molecule has 1 aromatic carbocycles. The minimum Gasteiger partial charge on any atom is -0.304 e. The fourth-order valence-electron chi connectivity index (χ4n) is 1.65. The number of hydrogen-bond acceptors (Lipinski definition) is 3. The minimum absolute atomic E-state index is 0.293. The molecule has 1 aromatic heterocycles. The molecule has 1 N–H and O–H groups in total. The molecule has 0 spiro atoms. The molecular weight excluding hydrogens is 242 g/mol. The van der Waals surface area contributed by atoms with Gasteiger partial charge in [0.05, 0.1) is 6.04 Å². The third-order valence-electron chi connectivity index (χ3n) is 2.38. The predicted molar refractivity (Wildman–Crippen MR) is 64.0 cm³/mol. The molecule has 0 aliphatic carbocycles. The highest BCUT2D eigenvalue weighted by atomic mass is 32.1. The zero-order valence-corrected chi connectivity index (χ0v) is 10.1. The molecule has 0 bridgehead atoms. The van der Waals surface area contributed by atoms with Crippen LogP contribution >= 0.6 is 11.3 Å². The molecule has 17 heavy (non-hydrogen) atoms. The Bertz CT molecular complexity index is 485. The average Bonchev–Trinajstić information content (AvgIpc) is 2.83. The van der Waals surface area contributed by atoms with Crippen LogP contribution in [0, 0.1) is 11.6 Å². The molecule has 1 atom stereocenters. The highest BCUT2D eigenvalue weighted by Gasteiger charge is 2.19. The first-order chi connectivity index (χ1) is 8.22. The lowest BCUT2D eigenvalue weighted by atomic mass is 10.1. The molecular formula is C12H12F2N2S. The van der Waals surface area contributed by atoms with Crippen LogP contribution in [0.2, 0.25) is 0 Å². The summed E-state index contributed by atoms with van der Waals surface area (Å²) >= 11 is 1.42. The van der Waals surface area contributed by atoms with Crippen molar-refractivity contribution >= 4 is 11.3 Å². The molecule has 0 fully saturated rings. The molecule has 2 aromatic rings. The quantitative estimate of drug-likeness (QED) is 0.906. The monoisotopic (exact) mass is 254 g/mol. The second-order valence-corrected chi connectivity index (χ2v) is 4.45. The molecule has 2 nitrogen and oxygen atoms in total. The van der Waals surface area contributed by atoms with E-state index in [1.165, 1.54) is 17.4 Å². The number of nitrogens with zero attached hydrogens (tertiary/aromatic N) is 1. The Morgan fingerprint density at radius 2 is 2.24 bits per heavy atom. The average molecular weight is 254 g/mol. The van der Waals surface area contributed by atoms with Crippen molar-refractivity contribution in [3.63, 3.8) is 0 Å². The molecule has 0 aliphatic rings. The molecule has 1 unspecified atom stereocenters. The number of nitrogens with one attached hydrogen (secondary N) is 1. The Balaban J connectivity index is 2.42. The second kappa shape index (κ2) is 5.33. The summed E-state index contributed by atoms with van der Waals surface area (Å²) in [6, 6.07) is 3.08. The first kappa shape index (κ1) is 12.1. The zero-order valence-electron chi connectivity index (χ0n) is 9.28. The fourth-order valence-corrected chi connectivity index (χ4v) is 2.38. The molecule has 2 rings (SSSR count). The van der Waals surface area contributed by atoms with Crippen molar-refractivity contribution in [1.82, 2.24) is 10.3 Å². The number of rotatable bonds is 4. The van der Waals surface area contributed by atoms with Crippen LogP contribution in [0.5, 0.6) is 0 Å². The van der Waals surface area contributed by atoms with Crippen LogP contribution in [0.4, 0.5) is 8.78 Å². The number of hydrogen-bond donors (Lipinski definition) is 1. The lowest BCUT2D eigenvalue weighted by molar-refractivity contribution is 0.543. The van der Waals surface area contributed by atoms with Crippen molar-refractivity contribution in [2.24, 2.45) is 0 Å². The van der Waals surface area contributed by atoms with Crippen molar-refractivity contribution in [1.29, 1.82) is 0 Å². The SMILES string of the molecule is CCNC(c1nccs1)c1cc(F)ccc1F. The van der Waals surface area contributed by atoms with Crippen LogP contribution in [0.15, 0.2) is 29.8 Å². The Hall–Kier alpha value is -1.33. The van der Waals surface area contributed by atoms with E-state index in [0.717, 1.165) is 17.1 Å². The molecule has 0 saturated heterocycles. The first-order valence-electron chi connectivity index (χ1n) is 5.30. The smallest absolute Gasteiger partial charge is 0.128 e. The van der Waals surface area contributed by atoms with Gasteiger partial charge in [-0.3, -0.25) is 0 Å². The van der Waals surface area contributed by atoms with E-state index in [1.807, 2.05) is 12.3 Å². The molecule has 0 aliphatic heterocycles. The summed E-state index contributed by atoms with van der Waals surface area (Å²) in [4.78, 5) is 4.15. The summed E-state index contributed by atoms with van der Waals surface area (Å²) in [7, 11) is 0. The Morgan fingerprint density at radius 1 is 1.41 bits per heavy atom. The van der Waals surface area contributed by atoms with Gasteiger partial charge in [0.15, 0.2) is 0 Å². The van der Waals surface area contributed by atoms with Crippen LogP contribution in [-0.2, 0) is 0 Å². The Kier molecular flexibility index (Phi) is 3.81. The summed E-state index contributed by atoms with van der Waals surface area (Å²) in [6.07, 6.45) is 1.65. The van der Waals surface area contributed by atoms with E-state index >= 15 is 0 Å². The van der Waals surface area contributed by atoms with E-state index in [-0.39, 0.29) is 0 Å². The van der Waals surface area contributed by atoms with Crippen LogP contribution < -0.4 is 5.32 Å². The van der Waals surface area contributed by atoms with Crippen LogP contribution in [0.1, 0.15) is 23.5 Å². The number of halogens is 2. The topological polar surface area (TPSA) is 24.9 Å². The summed E-state index contributed by atoms with van der Waals surface area (Å²) in [6.45, 7) is 2.57. The van der Waals surface area contributed by atoms with E-state index in [1.54, 1.807) is 6.20 Å². The van der Waals surface area contributed by atoms with Crippen molar-refractivity contribution in [2.75, 3.05) is 6.54 Å². The van der Waals surface area contributed by atoms with Gasteiger partial charge in [0, 0.05) is 17.1 Å². The number of aromatic nitrogens is 1. The Labute approximate surface area is 102 Å². The Morgan fingerprint density at radius 3 is 2.88 bits per heavy atom. The van der Waals surface area contributed by atoms with Crippen LogP contribution in [0.3, 0.4) is 0 Å². The summed E-state index contributed by atoms with van der Waals surface area (Å²) in [5.41, 5.74) is 0.293. The number of thiazole rings is 1. The van der Waals surface area contributed by atoms with Gasteiger partial charge in [0.1, 0.15) is 16.6 Å². The number of benzene rings is 1. The van der Waals surface area contributed by atoms with Crippen molar-refractivity contribution in [3.8, 4) is 0 Å². The van der Waals surface area contributed by atoms with Gasteiger partial charge in [-0.15, -0.1) is 11.3 Å². The van der Waals surface area contributed by atoms with Gasteiger partial charge in [0.25, 0.3) is 0 Å². The maximum Gasteiger partial charge on any atom is 0.128 e. The van der Waals surface area contributed by atoms with Gasteiger partial charge in [-0.25, -0.2) is 13.8 Å². The third kappa shape index (κ3) is 2.68. The summed E-state index contributed by atoms with van der Waals surface area (Å²) < 4.78 is 26.9. The molecule has 0 radical (unpaired) electrons. The van der Waals surface area contributed by atoms with E-state index < -0.39 is 17.7 Å². The van der Waals surface area contributed by atoms with Crippen LogP contribution in [0.25, 0.3) is 0 Å². The lowest BCUT2D eigenvalue weighted by Crippen LogP contribution is -2.23. The van der Waals surface area contributed by atoms with Gasteiger partial charge < -0.3 is 5.32 Å². The summed E-state index contributed by atoms with van der Waals surface area (Å²) in [5, 5.41) is 5.66. The van der Waals surface area contributed by atoms with Gasteiger partial charge in [-0.2, -0.15) is 0 Å². The van der Waals surface area contributed by atoms with E-state index in [4.69, 9.17) is 0 Å². The maximum absolute atomic E-state index is 13.7. The summed E-state index contributed by atoms with van der Waals surface area (Å²) in [5.74, 6) is -0.867. The fraction of sp³-hybridized carbons (Fsp3) is 0.250. The van der Waals surface area contributed by atoms with Crippen molar-refractivity contribution < 1.29 is 8.78 Å². The van der Waals surface area contributed by atoms with Crippen molar-refractivity contribution in [3.05, 3.63) is 52.0 Å². The van der Waals surface area contributed by atoms with Gasteiger partial charge >= 0.3 is 0 Å². The predicted octanol–water partition coefficient (Wildman–Crippen LogP) is 3.12. The molecule has 90 valence electrons. The molecule has 1 heterocycles. The van der Waals surface area contributed by atoms with E-state index in [0.29, 0.717) is 12.1 Å². The van der Waals surface area contributed by atoms with E-state index in [2.05, 4.69) is 10.3 Å². The van der Waals surface area contributed by atoms with Gasteiger partial charge in [0.2, 0.25) is 0 Å². The van der Waals surface area contributed by atoms with Crippen LogP contribution in [-0.4, -0.2) is 11.5 Å². The van der Waals surface area contributed by atoms with Crippen molar-refractivity contribution in [2.45, 2.75) is 13.0 Å². The van der Waals surface area contributed by atoms with Gasteiger partial charge in [-0.05, 0) is 24.7 Å². The minimum atomic E-state index is -0.444. The highest BCUT2D eigenvalue weighted by Crippen LogP contribution is 2.26. The third-order valence-corrected chi connectivity index (χ3v) is 3.22. The normalized spacial score (nSPS) is 12.6. The largest absolute Gasteiger partial charge is 0.304 e. The molecule has 0 amide bonds. The standard InChI is InChI=1S/C12H12F2N2S/c1-2-15-11(12-16-5-6-17-12)9-7-8(13)3-4-10(9)14/h3-7,11,15H,2H2,1H3. The first-order valence-corrected chi connectivity index (χ1v) is 6.18. The zero-order chi connectivity index (χ0) is 12.3. The highest BCUT2D eigenvalue weighted by molar-refractivity contribution is 7.09. The van der Waals surface area contributed by atoms with E-state index in [9.17, 15) is 8.78 Å². The van der Waals surface area contributed by atoms with Gasteiger partial charge in [-0.1, -0.05) is 6.92 Å². The molecule has 5 heteroatoms. The second-order valence-electron chi connectivity index (χ2n) is 3.53. The molecule has 0 saturated carbocycles. The maximum atomic E-state index is 13.7.